The van der Waals surface area contributed by atoms with Crippen LogP contribution in [0.2, 0.25) is 10.0 Å². The van der Waals surface area contributed by atoms with E-state index in [0.717, 1.165) is 5.56 Å². The fourth-order valence-electron chi connectivity index (χ4n) is 2.39. The lowest BCUT2D eigenvalue weighted by Gasteiger charge is -2.14. The van der Waals surface area contributed by atoms with Crippen molar-refractivity contribution < 1.29 is 4.79 Å². The Morgan fingerprint density at radius 2 is 1.69 bits per heavy atom. The summed E-state index contributed by atoms with van der Waals surface area (Å²) in [6.07, 6.45) is 2.95. The van der Waals surface area contributed by atoms with Crippen LogP contribution < -0.4 is 10.6 Å². The molecule has 1 unspecified atom stereocenters. The van der Waals surface area contributed by atoms with E-state index in [1.165, 1.54) is 12.4 Å². The molecule has 1 amide bonds. The fourth-order valence-corrected chi connectivity index (χ4v) is 2.91. The first-order valence-corrected chi connectivity index (χ1v) is 8.68. The summed E-state index contributed by atoms with van der Waals surface area (Å²) >= 11 is 11.9. The Balaban J connectivity index is 1.66. The van der Waals surface area contributed by atoms with Crippen molar-refractivity contribution in [2.75, 3.05) is 10.6 Å². The van der Waals surface area contributed by atoms with E-state index < -0.39 is 5.91 Å². The van der Waals surface area contributed by atoms with Crippen LogP contribution in [0.25, 0.3) is 0 Å². The quantitative estimate of drug-likeness (QED) is 0.631. The van der Waals surface area contributed by atoms with Gasteiger partial charge in [0.1, 0.15) is 11.5 Å². The highest BCUT2D eigenvalue weighted by atomic mass is 35.5. The average Bonchev–Trinajstić information content (AvgIpc) is 2.62. The number of carbonyl (C=O) groups excluding carboxylic acids is 1. The normalized spacial score (nSPS) is 11.7. The molecule has 3 rings (SSSR count). The molecule has 3 aromatic rings. The third-order valence-corrected chi connectivity index (χ3v) is 4.11. The number of hydrogen-bond donors (Lipinski definition) is 2. The van der Waals surface area contributed by atoms with Crippen LogP contribution in [0.5, 0.6) is 0 Å². The van der Waals surface area contributed by atoms with Crippen molar-refractivity contribution in [1.82, 2.24) is 9.97 Å². The molecule has 0 aliphatic carbocycles. The Hall–Kier alpha value is -2.63. The van der Waals surface area contributed by atoms with Crippen LogP contribution in [-0.4, -0.2) is 15.9 Å². The molecule has 0 aliphatic rings. The first-order chi connectivity index (χ1) is 12.5. The van der Waals surface area contributed by atoms with Gasteiger partial charge in [-0.2, -0.15) is 0 Å². The number of nitrogens with one attached hydrogen (secondary N) is 2. The van der Waals surface area contributed by atoms with Gasteiger partial charge in [-0.3, -0.25) is 4.79 Å². The Morgan fingerprint density at radius 3 is 2.31 bits per heavy atom. The summed E-state index contributed by atoms with van der Waals surface area (Å²) in [4.78, 5) is 20.7. The molecule has 0 saturated heterocycles. The van der Waals surface area contributed by atoms with Crippen LogP contribution in [0.4, 0.5) is 11.5 Å². The topological polar surface area (TPSA) is 66.9 Å². The zero-order valence-electron chi connectivity index (χ0n) is 13.9. The van der Waals surface area contributed by atoms with Gasteiger partial charge in [-0.1, -0.05) is 53.5 Å². The zero-order chi connectivity index (χ0) is 18.5. The van der Waals surface area contributed by atoms with E-state index >= 15 is 0 Å². The van der Waals surface area contributed by atoms with Crippen molar-refractivity contribution >= 4 is 40.6 Å². The minimum absolute atomic E-state index is 0.0683. The smallest absolute Gasteiger partial charge is 0.275 e. The molecule has 5 nitrogen and oxygen atoms in total. The summed E-state index contributed by atoms with van der Waals surface area (Å²) in [5.41, 5.74) is 1.82. The molecular weight excluding hydrogens is 371 g/mol. The summed E-state index contributed by atoms with van der Waals surface area (Å²) in [5, 5.41) is 6.82. The van der Waals surface area contributed by atoms with Crippen LogP contribution in [0.15, 0.2) is 60.9 Å². The number of halogens is 2. The number of nitrogens with zero attached hydrogens (tertiary/aromatic N) is 2. The van der Waals surface area contributed by atoms with Crippen molar-refractivity contribution in [3.8, 4) is 0 Å². The Kier molecular flexibility index (Phi) is 5.71. The van der Waals surface area contributed by atoms with Gasteiger partial charge in [-0.15, -0.1) is 0 Å². The van der Waals surface area contributed by atoms with E-state index in [9.17, 15) is 4.79 Å². The molecule has 2 aromatic carbocycles. The lowest BCUT2D eigenvalue weighted by molar-refractivity contribution is 0.102. The van der Waals surface area contributed by atoms with Gasteiger partial charge in [0.05, 0.1) is 12.4 Å². The van der Waals surface area contributed by atoms with Gasteiger partial charge in [0, 0.05) is 21.8 Å². The standard InChI is InChI=1S/C19H16Cl2N4O/c1-12(13-5-3-2-4-6-13)24-18-11-22-17(10-23-18)19(26)25-16-8-14(20)7-15(21)9-16/h2-12H,1H3,(H,23,24)(H,25,26). The number of carbonyl (C=O) groups is 1. The molecule has 1 aromatic heterocycles. The average molecular weight is 387 g/mol. The minimum Gasteiger partial charge on any atom is -0.362 e. The second-order valence-corrected chi connectivity index (χ2v) is 6.55. The number of hydrogen-bond acceptors (Lipinski definition) is 4. The van der Waals surface area contributed by atoms with Crippen molar-refractivity contribution in [2.24, 2.45) is 0 Å². The molecule has 2 N–H and O–H groups in total. The van der Waals surface area contributed by atoms with Gasteiger partial charge < -0.3 is 10.6 Å². The summed E-state index contributed by atoms with van der Waals surface area (Å²) in [5.74, 6) is 0.196. The molecule has 0 spiro atoms. The van der Waals surface area contributed by atoms with Gasteiger partial charge in [-0.25, -0.2) is 9.97 Å². The third-order valence-electron chi connectivity index (χ3n) is 3.67. The second-order valence-electron chi connectivity index (χ2n) is 5.68. The van der Waals surface area contributed by atoms with Gasteiger partial charge >= 0.3 is 0 Å². The maximum absolute atomic E-state index is 12.3. The lowest BCUT2D eigenvalue weighted by atomic mass is 10.1. The predicted octanol–water partition coefficient (Wildman–Crippen LogP) is 5.21. The Morgan fingerprint density at radius 1 is 1.00 bits per heavy atom. The van der Waals surface area contributed by atoms with Gasteiger partial charge in [0.25, 0.3) is 5.91 Å². The molecular formula is C19H16Cl2N4O. The van der Waals surface area contributed by atoms with Crippen LogP contribution in [-0.2, 0) is 0 Å². The van der Waals surface area contributed by atoms with Crippen molar-refractivity contribution in [3.05, 3.63) is 82.2 Å². The molecule has 132 valence electrons. The third kappa shape index (κ3) is 4.71. The number of anilines is 2. The summed E-state index contributed by atoms with van der Waals surface area (Å²) in [6, 6.07) is 14.9. The van der Waals surface area contributed by atoms with E-state index in [2.05, 4.69) is 20.6 Å². The molecule has 26 heavy (non-hydrogen) atoms. The maximum atomic E-state index is 12.3. The summed E-state index contributed by atoms with van der Waals surface area (Å²) in [6.45, 7) is 2.03. The van der Waals surface area contributed by atoms with Gasteiger partial charge in [0.15, 0.2) is 0 Å². The van der Waals surface area contributed by atoms with Crippen molar-refractivity contribution in [1.29, 1.82) is 0 Å². The van der Waals surface area contributed by atoms with E-state index in [1.807, 2.05) is 37.3 Å². The molecule has 7 heteroatoms. The zero-order valence-corrected chi connectivity index (χ0v) is 15.4. The molecule has 0 radical (unpaired) electrons. The summed E-state index contributed by atoms with van der Waals surface area (Å²) < 4.78 is 0. The van der Waals surface area contributed by atoms with Crippen LogP contribution >= 0.6 is 23.2 Å². The highest BCUT2D eigenvalue weighted by Crippen LogP contribution is 2.23. The highest BCUT2D eigenvalue weighted by molar-refractivity contribution is 6.35. The molecule has 0 bridgehead atoms. The van der Waals surface area contributed by atoms with Crippen LogP contribution in [0.1, 0.15) is 29.0 Å². The first kappa shape index (κ1) is 18.2. The number of rotatable bonds is 5. The van der Waals surface area contributed by atoms with Crippen LogP contribution in [0.3, 0.4) is 0 Å². The SMILES string of the molecule is CC(Nc1cnc(C(=O)Nc2cc(Cl)cc(Cl)c2)cn1)c1ccccc1. The van der Waals surface area contributed by atoms with Crippen LogP contribution in [0, 0.1) is 0 Å². The predicted molar refractivity (Wildman–Crippen MR) is 105 cm³/mol. The Bertz CT molecular complexity index is 881. The van der Waals surface area contributed by atoms with E-state index in [0.29, 0.717) is 21.6 Å². The minimum atomic E-state index is -0.390. The van der Waals surface area contributed by atoms with Gasteiger partial charge in [-0.05, 0) is 30.7 Å². The Labute approximate surface area is 161 Å². The lowest BCUT2D eigenvalue weighted by Crippen LogP contribution is -2.15. The number of benzene rings is 2. The maximum Gasteiger partial charge on any atom is 0.275 e. The number of amides is 1. The largest absolute Gasteiger partial charge is 0.362 e. The molecule has 1 heterocycles. The number of aromatic nitrogens is 2. The van der Waals surface area contributed by atoms with Gasteiger partial charge in [0.2, 0.25) is 0 Å². The molecule has 0 fully saturated rings. The van der Waals surface area contributed by atoms with E-state index in [1.54, 1.807) is 18.2 Å². The molecule has 0 saturated carbocycles. The molecule has 0 aliphatic heterocycles. The second kappa shape index (κ2) is 8.17. The first-order valence-electron chi connectivity index (χ1n) is 7.92. The molecule has 1 atom stereocenters. The monoisotopic (exact) mass is 386 g/mol. The summed E-state index contributed by atoms with van der Waals surface area (Å²) in [7, 11) is 0. The van der Waals surface area contributed by atoms with Crippen molar-refractivity contribution in [2.45, 2.75) is 13.0 Å². The highest BCUT2D eigenvalue weighted by Gasteiger charge is 2.11. The van der Waals surface area contributed by atoms with E-state index in [4.69, 9.17) is 23.2 Å². The van der Waals surface area contributed by atoms with Crippen molar-refractivity contribution in [3.63, 3.8) is 0 Å². The van der Waals surface area contributed by atoms with E-state index in [-0.39, 0.29) is 11.7 Å². The fraction of sp³-hybridized carbons (Fsp3) is 0.105.